The lowest BCUT2D eigenvalue weighted by molar-refractivity contribution is -0.152. The summed E-state index contributed by atoms with van der Waals surface area (Å²) in [4.78, 5) is 12.9. The van der Waals surface area contributed by atoms with Crippen LogP contribution in [0.3, 0.4) is 0 Å². The normalized spacial score (nSPS) is 36.6. The molecule has 1 atom stereocenters. The number of carbonyl (C=O) groups excluding carboxylic acids is 1. The molecule has 2 aliphatic rings. The van der Waals surface area contributed by atoms with Gasteiger partial charge in [-0.3, -0.25) is 4.79 Å². The van der Waals surface area contributed by atoms with E-state index in [1.807, 2.05) is 11.8 Å². The Balaban J connectivity index is 2.22. The summed E-state index contributed by atoms with van der Waals surface area (Å²) in [6.07, 6.45) is 0.409. The predicted molar refractivity (Wildman–Crippen MR) is 47.1 cm³/mol. The van der Waals surface area contributed by atoms with Crippen LogP contribution in [0.15, 0.2) is 0 Å². The summed E-state index contributed by atoms with van der Waals surface area (Å²) >= 11 is 0. The van der Waals surface area contributed by atoms with Gasteiger partial charge in [0.15, 0.2) is 0 Å². The average Bonchev–Trinajstić information content (AvgIpc) is 2.66. The van der Waals surface area contributed by atoms with E-state index < -0.39 is 17.2 Å². The quantitative estimate of drug-likeness (QED) is 0.673. The maximum atomic E-state index is 13.6. The highest BCUT2D eigenvalue weighted by Crippen LogP contribution is 2.47. The molecule has 0 aromatic heterocycles. The van der Waals surface area contributed by atoms with E-state index in [1.54, 1.807) is 0 Å². The van der Waals surface area contributed by atoms with Crippen molar-refractivity contribution in [3.8, 4) is 0 Å². The Kier molecular flexibility index (Phi) is 2.03. The van der Waals surface area contributed by atoms with Crippen LogP contribution in [0.2, 0.25) is 0 Å². The van der Waals surface area contributed by atoms with Gasteiger partial charge in [-0.15, -0.1) is 0 Å². The number of hydrogen-bond acceptors (Lipinski definition) is 2. The first-order valence-corrected chi connectivity index (χ1v) is 4.90. The molecule has 1 spiro atoms. The van der Waals surface area contributed by atoms with E-state index in [4.69, 9.17) is 0 Å². The van der Waals surface area contributed by atoms with Crippen LogP contribution in [0.25, 0.3) is 0 Å². The van der Waals surface area contributed by atoms with Crippen molar-refractivity contribution in [2.45, 2.75) is 19.3 Å². The largest absolute Gasteiger partial charge is 0.350 e. The molecule has 1 N–H and O–H groups in total. The number of alkyl halides is 2. The molecule has 2 fully saturated rings. The van der Waals surface area contributed by atoms with E-state index in [-0.39, 0.29) is 6.54 Å². The summed E-state index contributed by atoms with van der Waals surface area (Å²) in [6.45, 7) is 3.83. The van der Waals surface area contributed by atoms with Crippen molar-refractivity contribution in [3.05, 3.63) is 0 Å². The van der Waals surface area contributed by atoms with Gasteiger partial charge < -0.3 is 10.2 Å². The third-order valence-electron chi connectivity index (χ3n) is 3.42. The van der Waals surface area contributed by atoms with Crippen LogP contribution in [-0.2, 0) is 4.79 Å². The zero-order chi connectivity index (χ0) is 10.4. The van der Waals surface area contributed by atoms with Crippen LogP contribution < -0.4 is 5.32 Å². The first-order chi connectivity index (χ1) is 6.52. The molecule has 1 amide bonds. The van der Waals surface area contributed by atoms with Gasteiger partial charge >= 0.3 is 5.92 Å². The van der Waals surface area contributed by atoms with E-state index in [1.165, 1.54) is 0 Å². The fourth-order valence-corrected chi connectivity index (χ4v) is 2.34. The van der Waals surface area contributed by atoms with Crippen LogP contribution in [0.5, 0.6) is 0 Å². The molecule has 0 bridgehead atoms. The SMILES string of the molecule is CCN1CCC2(CNC(=O)C2(F)F)C1. The molecular weight excluding hydrogens is 190 g/mol. The Morgan fingerprint density at radius 1 is 1.57 bits per heavy atom. The van der Waals surface area contributed by atoms with Crippen molar-refractivity contribution in [1.82, 2.24) is 10.2 Å². The zero-order valence-corrected chi connectivity index (χ0v) is 8.15. The van der Waals surface area contributed by atoms with Gasteiger partial charge in [-0.1, -0.05) is 6.92 Å². The van der Waals surface area contributed by atoms with Gasteiger partial charge in [0.1, 0.15) is 0 Å². The van der Waals surface area contributed by atoms with Gasteiger partial charge in [-0.05, 0) is 19.5 Å². The maximum absolute atomic E-state index is 13.6. The number of amides is 1. The highest BCUT2D eigenvalue weighted by Gasteiger charge is 2.65. The monoisotopic (exact) mass is 204 g/mol. The van der Waals surface area contributed by atoms with Crippen molar-refractivity contribution in [3.63, 3.8) is 0 Å². The third kappa shape index (κ3) is 1.08. The minimum Gasteiger partial charge on any atom is -0.350 e. The first kappa shape index (κ1) is 9.83. The van der Waals surface area contributed by atoms with Gasteiger partial charge in [0.25, 0.3) is 5.91 Å². The van der Waals surface area contributed by atoms with Gasteiger partial charge in [0, 0.05) is 13.1 Å². The van der Waals surface area contributed by atoms with E-state index in [0.717, 1.165) is 6.54 Å². The second-order valence-electron chi connectivity index (χ2n) is 4.16. The van der Waals surface area contributed by atoms with Crippen molar-refractivity contribution >= 4 is 5.91 Å². The second-order valence-corrected chi connectivity index (χ2v) is 4.16. The minimum absolute atomic E-state index is 0.120. The van der Waals surface area contributed by atoms with Crippen LogP contribution >= 0.6 is 0 Å². The van der Waals surface area contributed by atoms with Crippen LogP contribution in [0.4, 0.5) is 8.78 Å². The van der Waals surface area contributed by atoms with Crippen molar-refractivity contribution in [2.24, 2.45) is 5.41 Å². The molecule has 3 nitrogen and oxygen atoms in total. The van der Waals surface area contributed by atoms with Gasteiger partial charge in [-0.25, -0.2) is 0 Å². The summed E-state index contributed by atoms with van der Waals surface area (Å²) < 4.78 is 27.1. The Bertz CT molecular complexity index is 270. The third-order valence-corrected chi connectivity index (χ3v) is 3.42. The molecule has 0 saturated carbocycles. The Hall–Kier alpha value is -0.710. The number of likely N-dealkylation sites (tertiary alicyclic amines) is 1. The predicted octanol–water partition coefficient (Wildman–Crippen LogP) is 0.463. The molecule has 5 heteroatoms. The number of carbonyl (C=O) groups is 1. The van der Waals surface area contributed by atoms with Crippen LogP contribution in [0, 0.1) is 5.41 Å². The van der Waals surface area contributed by atoms with Crippen molar-refractivity contribution in [1.29, 1.82) is 0 Å². The molecule has 2 aliphatic heterocycles. The van der Waals surface area contributed by atoms with Gasteiger partial charge in [0.05, 0.1) is 5.41 Å². The summed E-state index contributed by atoms with van der Waals surface area (Å²) in [5.41, 5.74) is -1.14. The fourth-order valence-electron chi connectivity index (χ4n) is 2.34. The lowest BCUT2D eigenvalue weighted by Crippen LogP contribution is -2.44. The molecule has 80 valence electrons. The molecule has 0 aliphatic carbocycles. The van der Waals surface area contributed by atoms with Crippen LogP contribution in [-0.4, -0.2) is 42.9 Å². The molecule has 0 aromatic rings. The zero-order valence-electron chi connectivity index (χ0n) is 8.15. The first-order valence-electron chi connectivity index (χ1n) is 4.90. The Labute approximate surface area is 81.4 Å². The molecular formula is C9H14F2N2O. The summed E-state index contributed by atoms with van der Waals surface area (Å²) in [5.74, 6) is -4.29. The van der Waals surface area contributed by atoms with Crippen molar-refractivity contribution < 1.29 is 13.6 Å². The molecule has 1 unspecified atom stereocenters. The number of halogens is 2. The summed E-state index contributed by atoms with van der Waals surface area (Å²) in [6, 6.07) is 0. The molecule has 14 heavy (non-hydrogen) atoms. The number of nitrogens with one attached hydrogen (secondary N) is 1. The smallest absolute Gasteiger partial charge is 0.332 e. The van der Waals surface area contributed by atoms with Crippen LogP contribution in [0.1, 0.15) is 13.3 Å². The van der Waals surface area contributed by atoms with E-state index in [0.29, 0.717) is 19.5 Å². The average molecular weight is 204 g/mol. The highest BCUT2D eigenvalue weighted by atomic mass is 19.3. The molecule has 2 heterocycles. The fraction of sp³-hybridized carbons (Fsp3) is 0.889. The molecule has 2 rings (SSSR count). The topological polar surface area (TPSA) is 32.3 Å². The molecule has 2 saturated heterocycles. The van der Waals surface area contributed by atoms with Gasteiger partial charge in [0.2, 0.25) is 0 Å². The minimum atomic E-state index is -3.18. The van der Waals surface area contributed by atoms with E-state index >= 15 is 0 Å². The summed E-state index contributed by atoms with van der Waals surface area (Å²) in [5, 5.41) is 2.27. The highest BCUT2D eigenvalue weighted by molar-refractivity contribution is 5.87. The molecule has 0 radical (unpaired) electrons. The Morgan fingerprint density at radius 3 is 2.71 bits per heavy atom. The van der Waals surface area contributed by atoms with Crippen molar-refractivity contribution in [2.75, 3.05) is 26.2 Å². The maximum Gasteiger partial charge on any atom is 0.332 e. The number of rotatable bonds is 1. The lowest BCUT2D eigenvalue weighted by atomic mass is 9.83. The van der Waals surface area contributed by atoms with Gasteiger partial charge in [-0.2, -0.15) is 8.78 Å². The molecule has 0 aromatic carbocycles. The standard InChI is InChI=1S/C9H14F2N2O/c1-2-13-4-3-8(6-13)5-12-7(14)9(8,10)11/h2-6H2,1H3,(H,12,14). The van der Waals surface area contributed by atoms with E-state index in [2.05, 4.69) is 5.32 Å². The number of hydrogen-bond donors (Lipinski definition) is 1. The van der Waals surface area contributed by atoms with E-state index in [9.17, 15) is 13.6 Å². The summed E-state index contributed by atoms with van der Waals surface area (Å²) in [7, 11) is 0. The Morgan fingerprint density at radius 2 is 2.29 bits per heavy atom. The second kappa shape index (κ2) is 2.89. The lowest BCUT2D eigenvalue weighted by Gasteiger charge is -2.27. The number of nitrogens with zero attached hydrogens (tertiary/aromatic N) is 1.